The molecule has 0 aliphatic carbocycles. The summed E-state index contributed by atoms with van der Waals surface area (Å²) >= 11 is 1.72. The van der Waals surface area contributed by atoms with Gasteiger partial charge in [0.25, 0.3) is 0 Å². The third-order valence-corrected chi connectivity index (χ3v) is 5.29. The summed E-state index contributed by atoms with van der Waals surface area (Å²) < 4.78 is 12.2. The van der Waals surface area contributed by atoms with Crippen LogP contribution in [0.4, 0.5) is 0 Å². The van der Waals surface area contributed by atoms with E-state index in [1.807, 2.05) is 19.2 Å². The first kappa shape index (κ1) is 15.7. The van der Waals surface area contributed by atoms with E-state index in [1.165, 1.54) is 10.3 Å². The molecular formula is C17H20N4O2S. The van der Waals surface area contributed by atoms with E-state index in [-0.39, 0.29) is 6.04 Å². The molecule has 0 aromatic carbocycles. The molecule has 1 aliphatic heterocycles. The highest BCUT2D eigenvalue weighted by molar-refractivity contribution is 7.17. The number of thiophene rings is 1. The predicted octanol–water partition coefficient (Wildman–Crippen LogP) is 3.25. The monoisotopic (exact) mass is 344 g/mol. The minimum absolute atomic E-state index is 0.0501. The number of aromatic nitrogens is 3. The number of pyridine rings is 1. The molecule has 24 heavy (non-hydrogen) atoms. The largest absolute Gasteiger partial charge is 0.381 e. The molecule has 0 amide bonds. The first-order chi connectivity index (χ1) is 11.8. The smallest absolute Gasteiger partial charge is 0.244 e. The second kappa shape index (κ2) is 6.96. The van der Waals surface area contributed by atoms with Gasteiger partial charge < -0.3 is 14.6 Å². The van der Waals surface area contributed by atoms with Crippen LogP contribution >= 0.6 is 11.3 Å². The Morgan fingerprint density at radius 2 is 2.25 bits per heavy atom. The van der Waals surface area contributed by atoms with Crippen LogP contribution in [0.3, 0.4) is 0 Å². The summed E-state index contributed by atoms with van der Waals surface area (Å²) in [5.41, 5.74) is 2.22. The minimum atomic E-state index is 0.0501. The standard InChI is InChI=1S/C17H20N4O2S/c1-11-20-17(23-21-11)16(13-2-5-22-6-3-13)19-10-12-8-15-14(18-9-12)4-7-24-15/h4,7-9,13,16,19H,2-3,5-6,10H2,1H3/t16-/m0/s1. The molecule has 3 aromatic rings. The van der Waals surface area contributed by atoms with Gasteiger partial charge in [-0.05, 0) is 48.8 Å². The summed E-state index contributed by atoms with van der Waals surface area (Å²) in [6.07, 6.45) is 3.94. The molecule has 0 saturated carbocycles. The normalized spacial score (nSPS) is 17.4. The molecule has 1 N–H and O–H groups in total. The second-order valence-corrected chi connectivity index (χ2v) is 7.08. The van der Waals surface area contributed by atoms with Crippen LogP contribution in [0, 0.1) is 12.8 Å². The molecule has 1 aliphatic rings. The van der Waals surface area contributed by atoms with Gasteiger partial charge in [-0.15, -0.1) is 11.3 Å². The summed E-state index contributed by atoms with van der Waals surface area (Å²) in [4.78, 5) is 8.95. The summed E-state index contributed by atoms with van der Waals surface area (Å²) in [7, 11) is 0. The van der Waals surface area contributed by atoms with Gasteiger partial charge in [-0.25, -0.2) is 0 Å². The van der Waals surface area contributed by atoms with Crippen LogP contribution in [0.2, 0.25) is 0 Å². The van der Waals surface area contributed by atoms with E-state index in [4.69, 9.17) is 9.26 Å². The zero-order valence-corrected chi connectivity index (χ0v) is 14.4. The summed E-state index contributed by atoms with van der Waals surface area (Å²) in [5.74, 6) is 1.78. The van der Waals surface area contributed by atoms with Crippen LogP contribution in [0.25, 0.3) is 10.2 Å². The molecule has 0 spiro atoms. The lowest BCUT2D eigenvalue weighted by Crippen LogP contribution is -2.32. The lowest BCUT2D eigenvalue weighted by Gasteiger charge is -2.28. The first-order valence-corrected chi connectivity index (χ1v) is 9.11. The average Bonchev–Trinajstić information content (AvgIpc) is 3.24. The van der Waals surface area contributed by atoms with Gasteiger partial charge in [0.15, 0.2) is 5.82 Å². The highest BCUT2D eigenvalue weighted by atomic mass is 32.1. The van der Waals surface area contributed by atoms with Crippen molar-refractivity contribution in [2.24, 2.45) is 5.92 Å². The van der Waals surface area contributed by atoms with Crippen molar-refractivity contribution in [2.75, 3.05) is 13.2 Å². The quantitative estimate of drug-likeness (QED) is 0.766. The maximum absolute atomic E-state index is 5.49. The molecular weight excluding hydrogens is 324 g/mol. The number of nitrogens with one attached hydrogen (secondary N) is 1. The molecule has 7 heteroatoms. The van der Waals surface area contributed by atoms with Crippen LogP contribution in [0.5, 0.6) is 0 Å². The number of nitrogens with zero attached hydrogens (tertiary/aromatic N) is 3. The van der Waals surface area contributed by atoms with Crippen molar-refractivity contribution in [3.8, 4) is 0 Å². The van der Waals surface area contributed by atoms with Gasteiger partial charge in [-0.1, -0.05) is 5.16 Å². The SMILES string of the molecule is Cc1noc([C@@H](NCc2cnc3ccsc3c2)C2CCOCC2)n1. The maximum atomic E-state index is 5.49. The van der Waals surface area contributed by atoms with Crippen LogP contribution in [0.15, 0.2) is 28.2 Å². The molecule has 126 valence electrons. The van der Waals surface area contributed by atoms with E-state index in [2.05, 4.69) is 31.9 Å². The van der Waals surface area contributed by atoms with Gasteiger partial charge in [0.05, 0.1) is 16.3 Å². The van der Waals surface area contributed by atoms with E-state index < -0.39 is 0 Å². The third-order valence-electron chi connectivity index (χ3n) is 4.43. The van der Waals surface area contributed by atoms with Crippen molar-refractivity contribution in [1.82, 2.24) is 20.4 Å². The molecule has 0 radical (unpaired) electrons. The molecule has 1 atom stereocenters. The Morgan fingerprint density at radius 3 is 3.04 bits per heavy atom. The van der Waals surface area contributed by atoms with Gasteiger partial charge in [-0.3, -0.25) is 4.98 Å². The van der Waals surface area contributed by atoms with E-state index in [9.17, 15) is 0 Å². The number of rotatable bonds is 5. The van der Waals surface area contributed by atoms with E-state index >= 15 is 0 Å². The second-order valence-electron chi connectivity index (χ2n) is 6.14. The summed E-state index contributed by atoms with van der Waals surface area (Å²) in [6, 6.07) is 4.29. The Bertz CT molecular complexity index is 810. The number of fused-ring (bicyclic) bond motifs is 1. The van der Waals surface area contributed by atoms with Crippen molar-refractivity contribution in [1.29, 1.82) is 0 Å². The van der Waals surface area contributed by atoms with E-state index in [0.717, 1.165) is 38.1 Å². The number of hydrogen-bond donors (Lipinski definition) is 1. The van der Waals surface area contributed by atoms with Gasteiger partial charge in [0.2, 0.25) is 5.89 Å². The lowest BCUT2D eigenvalue weighted by atomic mass is 9.91. The van der Waals surface area contributed by atoms with E-state index in [0.29, 0.717) is 17.6 Å². The third kappa shape index (κ3) is 3.33. The molecule has 1 fully saturated rings. The molecule has 1 saturated heterocycles. The Labute approximate surface area is 144 Å². The number of aryl methyl sites for hydroxylation is 1. The number of hydrogen-bond acceptors (Lipinski definition) is 7. The predicted molar refractivity (Wildman–Crippen MR) is 91.8 cm³/mol. The summed E-state index contributed by atoms with van der Waals surface area (Å²) in [5, 5.41) is 9.63. The van der Waals surface area contributed by atoms with Crippen LogP contribution in [-0.4, -0.2) is 28.3 Å². The fourth-order valence-corrected chi connectivity index (χ4v) is 3.96. The molecule has 0 unspecified atom stereocenters. The Kier molecular flexibility index (Phi) is 4.55. The Morgan fingerprint density at radius 1 is 1.38 bits per heavy atom. The molecule has 6 nitrogen and oxygen atoms in total. The van der Waals surface area contributed by atoms with Crippen molar-refractivity contribution < 1.29 is 9.26 Å². The molecule has 0 bridgehead atoms. The van der Waals surface area contributed by atoms with Gasteiger partial charge in [0, 0.05) is 26.0 Å². The van der Waals surface area contributed by atoms with Crippen molar-refractivity contribution in [3.05, 3.63) is 41.0 Å². The summed E-state index contributed by atoms with van der Waals surface area (Å²) in [6.45, 7) is 4.16. The lowest BCUT2D eigenvalue weighted by molar-refractivity contribution is 0.0485. The maximum Gasteiger partial charge on any atom is 0.244 e. The minimum Gasteiger partial charge on any atom is -0.381 e. The van der Waals surface area contributed by atoms with E-state index in [1.54, 1.807) is 11.3 Å². The van der Waals surface area contributed by atoms with Crippen LogP contribution in [0.1, 0.15) is 36.2 Å². The topological polar surface area (TPSA) is 73.1 Å². The molecule has 3 aromatic heterocycles. The van der Waals surface area contributed by atoms with Crippen molar-refractivity contribution in [2.45, 2.75) is 32.4 Å². The van der Waals surface area contributed by atoms with Crippen molar-refractivity contribution >= 4 is 21.6 Å². The Balaban J connectivity index is 1.52. The van der Waals surface area contributed by atoms with Crippen LogP contribution in [-0.2, 0) is 11.3 Å². The number of ether oxygens (including phenoxy) is 1. The van der Waals surface area contributed by atoms with Gasteiger partial charge in [0.1, 0.15) is 0 Å². The molecule has 4 heterocycles. The highest BCUT2D eigenvalue weighted by Gasteiger charge is 2.29. The van der Waals surface area contributed by atoms with Crippen LogP contribution < -0.4 is 5.32 Å². The fraction of sp³-hybridized carbons (Fsp3) is 0.471. The first-order valence-electron chi connectivity index (χ1n) is 8.23. The van der Waals surface area contributed by atoms with Gasteiger partial charge >= 0.3 is 0 Å². The zero-order valence-electron chi connectivity index (χ0n) is 13.6. The highest BCUT2D eigenvalue weighted by Crippen LogP contribution is 2.30. The zero-order chi connectivity index (χ0) is 16.4. The Hall–Kier alpha value is -1.83. The fourth-order valence-electron chi connectivity index (χ4n) is 3.16. The average molecular weight is 344 g/mol. The molecule has 4 rings (SSSR count). The van der Waals surface area contributed by atoms with Gasteiger partial charge in [-0.2, -0.15) is 4.98 Å². The van der Waals surface area contributed by atoms with Crippen molar-refractivity contribution in [3.63, 3.8) is 0 Å².